The minimum absolute atomic E-state index is 0.132. The van der Waals surface area contributed by atoms with Crippen LogP contribution < -0.4 is 10.5 Å². The molecule has 0 atom stereocenters. The van der Waals surface area contributed by atoms with Crippen molar-refractivity contribution < 1.29 is 4.98 Å². The fourth-order valence-corrected chi connectivity index (χ4v) is 4.49. The summed E-state index contributed by atoms with van der Waals surface area (Å²) < 4.78 is 1.78. The lowest BCUT2D eigenvalue weighted by atomic mass is 10.2. The molecule has 5 heteroatoms. The Balaban J connectivity index is 2.36. The van der Waals surface area contributed by atoms with Crippen molar-refractivity contribution in [2.24, 2.45) is 0 Å². The van der Waals surface area contributed by atoms with E-state index in [-0.39, 0.29) is 5.56 Å². The fourth-order valence-electron chi connectivity index (χ4n) is 2.57. The van der Waals surface area contributed by atoms with E-state index in [1.807, 2.05) is 6.26 Å². The maximum absolute atomic E-state index is 12.6. The zero-order chi connectivity index (χ0) is 12.7. The van der Waals surface area contributed by atoms with E-state index >= 15 is 0 Å². The third kappa shape index (κ3) is 1.65. The van der Waals surface area contributed by atoms with Crippen LogP contribution in [0, 0.1) is 0 Å². The summed E-state index contributed by atoms with van der Waals surface area (Å²) in [4.78, 5) is 18.4. The minimum Gasteiger partial charge on any atom is -0.241 e. The van der Waals surface area contributed by atoms with Crippen LogP contribution in [-0.2, 0) is 19.4 Å². The maximum Gasteiger partial charge on any atom is 0.347 e. The highest BCUT2D eigenvalue weighted by atomic mass is 32.2. The first-order valence-electron chi connectivity index (χ1n) is 6.01. The molecule has 0 fully saturated rings. The van der Waals surface area contributed by atoms with Gasteiger partial charge in [0.2, 0.25) is 0 Å². The third-order valence-electron chi connectivity index (χ3n) is 3.35. The molecule has 0 saturated heterocycles. The van der Waals surface area contributed by atoms with Crippen LogP contribution in [0.25, 0.3) is 10.2 Å². The van der Waals surface area contributed by atoms with Gasteiger partial charge in [0.15, 0.2) is 4.83 Å². The van der Waals surface area contributed by atoms with Gasteiger partial charge in [0.1, 0.15) is 11.9 Å². The van der Waals surface area contributed by atoms with E-state index in [1.165, 1.54) is 16.9 Å². The number of nitrogens with zero attached hydrogens (tertiary/aromatic N) is 1. The molecule has 94 valence electrons. The zero-order valence-corrected chi connectivity index (χ0v) is 11.9. The number of thioether (sulfide) groups is 1. The van der Waals surface area contributed by atoms with Gasteiger partial charge in [0.05, 0.1) is 0 Å². The van der Waals surface area contributed by atoms with Gasteiger partial charge in [-0.1, -0.05) is 24.0 Å². The summed E-state index contributed by atoms with van der Waals surface area (Å²) in [5, 5.41) is 1.82. The number of hydrogen-bond donors (Lipinski definition) is 0. The van der Waals surface area contributed by atoms with Crippen LogP contribution in [0.3, 0.4) is 0 Å². The molecule has 0 spiro atoms. The molecule has 2 aromatic rings. The van der Waals surface area contributed by atoms with Gasteiger partial charge in [-0.05, 0) is 42.8 Å². The molecule has 0 amide bonds. The summed E-state index contributed by atoms with van der Waals surface area (Å²) in [6.45, 7) is 4.29. The molecule has 2 heterocycles. The van der Waals surface area contributed by atoms with E-state index in [2.05, 4.69) is 11.6 Å². The van der Waals surface area contributed by atoms with Gasteiger partial charge in [0, 0.05) is 4.88 Å². The monoisotopic (exact) mass is 279 g/mol. The van der Waals surface area contributed by atoms with Crippen molar-refractivity contribution in [2.45, 2.75) is 31.0 Å². The molecule has 3 nitrogen and oxygen atoms in total. The van der Waals surface area contributed by atoms with Crippen LogP contribution in [0.2, 0.25) is 0 Å². The molecule has 1 aliphatic carbocycles. The summed E-state index contributed by atoms with van der Waals surface area (Å²) >= 11 is 3.32. The highest BCUT2D eigenvalue weighted by molar-refractivity contribution is 7.98. The number of fused-ring (bicyclic) bond motifs is 3. The second-order valence-electron chi connectivity index (χ2n) is 4.40. The van der Waals surface area contributed by atoms with E-state index in [9.17, 15) is 4.79 Å². The molecule has 18 heavy (non-hydrogen) atoms. The molecule has 0 aliphatic heterocycles. The number of thiophene rings is 1. The average Bonchev–Trinajstić information content (AvgIpc) is 2.92. The van der Waals surface area contributed by atoms with Gasteiger partial charge < -0.3 is 0 Å². The first kappa shape index (κ1) is 12.0. The number of hydrogen-bond acceptors (Lipinski definition) is 3. The number of rotatable bonds is 3. The average molecular weight is 279 g/mol. The second kappa shape index (κ2) is 4.55. The number of nitrogens with one attached hydrogen (secondary N) is 1. The predicted octanol–water partition coefficient (Wildman–Crippen LogP) is 2.27. The van der Waals surface area contributed by atoms with Gasteiger partial charge in [-0.2, -0.15) is 4.57 Å². The van der Waals surface area contributed by atoms with Crippen molar-refractivity contribution in [3.8, 4) is 0 Å². The normalized spacial score (nSPS) is 14.1. The van der Waals surface area contributed by atoms with E-state index < -0.39 is 0 Å². The fraction of sp³-hybridized carbons (Fsp3) is 0.385. The lowest BCUT2D eigenvalue weighted by Crippen LogP contribution is -2.29. The highest BCUT2D eigenvalue weighted by Crippen LogP contribution is 2.33. The molecule has 2 aromatic heterocycles. The largest absolute Gasteiger partial charge is 0.347 e. The number of H-pyrrole nitrogens is 1. The second-order valence-corrected chi connectivity index (χ2v) is 6.30. The van der Waals surface area contributed by atoms with Gasteiger partial charge in [-0.25, -0.2) is 9.78 Å². The molecule has 0 bridgehead atoms. The van der Waals surface area contributed by atoms with Crippen molar-refractivity contribution >= 4 is 33.3 Å². The Hall–Kier alpha value is -1.07. The Morgan fingerprint density at radius 3 is 3.11 bits per heavy atom. The molecule has 0 radical (unpaired) electrons. The zero-order valence-electron chi connectivity index (χ0n) is 10.3. The highest BCUT2D eigenvalue weighted by Gasteiger charge is 2.26. The van der Waals surface area contributed by atoms with Crippen molar-refractivity contribution in [1.82, 2.24) is 4.57 Å². The van der Waals surface area contributed by atoms with E-state index in [1.54, 1.807) is 33.7 Å². The Labute approximate surface area is 114 Å². The van der Waals surface area contributed by atoms with Gasteiger partial charge in [-0.15, -0.1) is 0 Å². The lowest BCUT2D eigenvalue weighted by Gasteiger charge is -2.01. The summed E-state index contributed by atoms with van der Waals surface area (Å²) in [6.07, 6.45) is 7.11. The number of aromatic nitrogens is 2. The number of allylic oxidation sites excluding steroid dienone is 1. The SMILES string of the molecule is C=CCn1c(SC)[nH+]c2sc3c(c2c1=O)CCC3. The first-order chi connectivity index (χ1) is 8.76. The molecular weight excluding hydrogens is 264 g/mol. The first-order valence-corrected chi connectivity index (χ1v) is 8.05. The van der Waals surface area contributed by atoms with E-state index in [0.717, 1.165) is 28.2 Å². The molecule has 0 unspecified atom stereocenters. The molecule has 3 rings (SSSR count). The topological polar surface area (TPSA) is 36.1 Å². The van der Waals surface area contributed by atoms with Crippen LogP contribution in [0.15, 0.2) is 22.6 Å². The van der Waals surface area contributed by atoms with Crippen molar-refractivity contribution in [1.29, 1.82) is 0 Å². The summed E-state index contributed by atoms with van der Waals surface area (Å²) in [7, 11) is 0. The molecule has 1 aliphatic rings. The molecule has 0 aromatic carbocycles. The van der Waals surface area contributed by atoms with Crippen LogP contribution in [0.4, 0.5) is 0 Å². The summed E-state index contributed by atoms with van der Waals surface area (Å²) in [5.74, 6) is 0. The maximum atomic E-state index is 12.6. The third-order valence-corrected chi connectivity index (χ3v) is 5.27. The standard InChI is InChI=1S/C13H14N2OS2/c1-3-7-15-12(16)10-8-5-4-6-9(8)18-11(10)14-13(15)17-2/h3H,1,4-7H2,2H3/p+1. The minimum atomic E-state index is 0.132. The summed E-state index contributed by atoms with van der Waals surface area (Å²) in [5.41, 5.74) is 1.41. The number of aryl methyl sites for hydroxylation is 2. The Bertz CT molecular complexity index is 684. The van der Waals surface area contributed by atoms with E-state index in [0.29, 0.717) is 6.54 Å². The lowest BCUT2D eigenvalue weighted by molar-refractivity contribution is -0.404. The van der Waals surface area contributed by atoms with E-state index in [4.69, 9.17) is 0 Å². The Morgan fingerprint density at radius 1 is 1.56 bits per heavy atom. The van der Waals surface area contributed by atoms with Crippen LogP contribution >= 0.6 is 23.1 Å². The summed E-state index contributed by atoms with van der Waals surface area (Å²) in [6, 6.07) is 0. The quantitative estimate of drug-likeness (QED) is 0.491. The molecular formula is C13H15N2OS2+. The van der Waals surface area contributed by atoms with Crippen LogP contribution in [0.5, 0.6) is 0 Å². The van der Waals surface area contributed by atoms with Gasteiger partial charge in [-0.3, -0.25) is 0 Å². The van der Waals surface area contributed by atoms with Crippen LogP contribution in [0.1, 0.15) is 16.9 Å². The van der Waals surface area contributed by atoms with Crippen LogP contribution in [-0.4, -0.2) is 10.8 Å². The van der Waals surface area contributed by atoms with Crippen molar-refractivity contribution in [3.05, 3.63) is 33.4 Å². The van der Waals surface area contributed by atoms with Gasteiger partial charge in [0.25, 0.3) is 0 Å². The molecule has 1 N–H and O–H groups in total. The Morgan fingerprint density at radius 2 is 2.39 bits per heavy atom. The Kier molecular flexibility index (Phi) is 3.03. The smallest absolute Gasteiger partial charge is 0.241 e. The predicted molar refractivity (Wildman–Crippen MR) is 76.6 cm³/mol. The van der Waals surface area contributed by atoms with Crippen molar-refractivity contribution in [2.75, 3.05) is 6.26 Å². The van der Waals surface area contributed by atoms with Gasteiger partial charge >= 0.3 is 10.7 Å². The number of aromatic amines is 1. The van der Waals surface area contributed by atoms with Crippen molar-refractivity contribution in [3.63, 3.8) is 0 Å². The molecule has 0 saturated carbocycles.